The van der Waals surface area contributed by atoms with Crippen LogP contribution >= 0.6 is 0 Å². The molecule has 0 saturated carbocycles. The summed E-state index contributed by atoms with van der Waals surface area (Å²) in [5, 5.41) is 0. The van der Waals surface area contributed by atoms with Crippen molar-refractivity contribution in [2.24, 2.45) is 11.8 Å². The highest BCUT2D eigenvalue weighted by molar-refractivity contribution is 5.02. The summed E-state index contributed by atoms with van der Waals surface area (Å²) >= 11 is 0. The van der Waals surface area contributed by atoms with Crippen molar-refractivity contribution in [1.29, 1.82) is 0 Å². The van der Waals surface area contributed by atoms with Gasteiger partial charge in [-0.05, 0) is 24.8 Å². The van der Waals surface area contributed by atoms with Crippen molar-refractivity contribution in [3.63, 3.8) is 0 Å². The Morgan fingerprint density at radius 2 is 1.78 bits per heavy atom. The highest BCUT2D eigenvalue weighted by atomic mass is 15.1. The molecule has 0 fully saturated rings. The van der Waals surface area contributed by atoms with Crippen LogP contribution in [0.2, 0.25) is 0 Å². The van der Waals surface area contributed by atoms with Crippen LogP contribution in [0, 0.1) is 23.7 Å². The van der Waals surface area contributed by atoms with Gasteiger partial charge in [-0.2, -0.15) is 0 Å². The van der Waals surface area contributed by atoms with Crippen molar-refractivity contribution in [3.05, 3.63) is 12.7 Å². The van der Waals surface area contributed by atoms with Gasteiger partial charge in [0.25, 0.3) is 0 Å². The van der Waals surface area contributed by atoms with Gasteiger partial charge in [-0.3, -0.25) is 4.90 Å². The third-order valence-electron chi connectivity index (χ3n) is 2.83. The van der Waals surface area contributed by atoms with Crippen molar-refractivity contribution in [2.45, 2.75) is 53.4 Å². The number of nitrogens with zero attached hydrogens (tertiary/aromatic N) is 1. The average Bonchev–Trinajstić information content (AvgIpc) is 2.29. The van der Waals surface area contributed by atoms with E-state index in [0.717, 1.165) is 32.0 Å². The van der Waals surface area contributed by atoms with E-state index in [4.69, 9.17) is 0 Å². The van der Waals surface area contributed by atoms with Crippen LogP contribution in [0.1, 0.15) is 53.4 Å². The van der Waals surface area contributed by atoms with E-state index in [1.165, 1.54) is 19.3 Å². The first-order valence-electron chi connectivity index (χ1n) is 7.35. The molecule has 0 rings (SSSR count). The van der Waals surface area contributed by atoms with E-state index in [-0.39, 0.29) is 0 Å². The van der Waals surface area contributed by atoms with Gasteiger partial charge in [0.15, 0.2) is 0 Å². The largest absolute Gasteiger partial charge is 0.289 e. The zero-order valence-corrected chi connectivity index (χ0v) is 12.8. The fraction of sp³-hybridized carbons (Fsp3) is 0.765. The minimum Gasteiger partial charge on any atom is -0.289 e. The van der Waals surface area contributed by atoms with Crippen molar-refractivity contribution in [2.75, 3.05) is 19.6 Å². The summed E-state index contributed by atoms with van der Waals surface area (Å²) in [6.07, 6.45) is 6.92. The van der Waals surface area contributed by atoms with Crippen molar-refractivity contribution < 1.29 is 0 Å². The summed E-state index contributed by atoms with van der Waals surface area (Å²) in [4.78, 5) is 2.39. The zero-order valence-electron chi connectivity index (χ0n) is 12.8. The Labute approximate surface area is 115 Å². The lowest BCUT2D eigenvalue weighted by Gasteiger charge is -2.17. The second kappa shape index (κ2) is 11.4. The van der Waals surface area contributed by atoms with Crippen LogP contribution in [0.5, 0.6) is 0 Å². The van der Waals surface area contributed by atoms with Crippen molar-refractivity contribution in [3.8, 4) is 11.8 Å². The predicted octanol–water partition coefficient (Wildman–Crippen LogP) is 4.35. The molecule has 0 aliphatic heterocycles. The molecule has 0 bridgehead atoms. The molecule has 1 heteroatoms. The smallest absolute Gasteiger partial charge is 0.0604 e. The van der Waals surface area contributed by atoms with Gasteiger partial charge in [0, 0.05) is 13.0 Å². The number of rotatable bonds is 9. The van der Waals surface area contributed by atoms with E-state index in [1.54, 1.807) is 0 Å². The molecule has 0 spiro atoms. The van der Waals surface area contributed by atoms with Gasteiger partial charge in [-0.15, -0.1) is 12.5 Å². The van der Waals surface area contributed by atoms with E-state index >= 15 is 0 Å². The Bertz CT molecular complexity index is 255. The molecule has 0 aromatic carbocycles. The molecule has 0 amide bonds. The standard InChI is InChI=1S/C17H31N/c1-6-13-18(14-9-7-11-16(2)3)15-10-8-12-17(4)5/h6,16-17H,1,7,9,11-15H2,2-5H3. The lowest BCUT2D eigenvalue weighted by atomic mass is 10.1. The van der Waals surface area contributed by atoms with Crippen LogP contribution in [0.3, 0.4) is 0 Å². The highest BCUT2D eigenvalue weighted by Gasteiger charge is 2.01. The third-order valence-corrected chi connectivity index (χ3v) is 2.83. The van der Waals surface area contributed by atoms with Crippen LogP contribution in [0.25, 0.3) is 0 Å². The SMILES string of the molecule is C=CCN(CC#CCC(C)C)CCCCC(C)C. The molecule has 0 unspecified atom stereocenters. The van der Waals surface area contributed by atoms with Gasteiger partial charge in [-0.25, -0.2) is 0 Å². The van der Waals surface area contributed by atoms with Crippen LogP contribution in [-0.4, -0.2) is 24.5 Å². The molecule has 0 aliphatic rings. The molecule has 0 heterocycles. The molecule has 0 atom stereocenters. The van der Waals surface area contributed by atoms with Crippen LogP contribution in [0.4, 0.5) is 0 Å². The van der Waals surface area contributed by atoms with Crippen molar-refractivity contribution >= 4 is 0 Å². The maximum atomic E-state index is 3.82. The summed E-state index contributed by atoms with van der Waals surface area (Å²) in [5.74, 6) is 8.04. The monoisotopic (exact) mass is 249 g/mol. The highest BCUT2D eigenvalue weighted by Crippen LogP contribution is 2.07. The second-order valence-electron chi connectivity index (χ2n) is 5.86. The molecular formula is C17H31N. The fourth-order valence-electron chi connectivity index (χ4n) is 1.75. The van der Waals surface area contributed by atoms with Gasteiger partial charge < -0.3 is 0 Å². The molecule has 0 aromatic heterocycles. The third kappa shape index (κ3) is 11.7. The minimum atomic E-state index is 0.677. The lowest BCUT2D eigenvalue weighted by Crippen LogP contribution is -2.25. The Morgan fingerprint density at radius 3 is 2.33 bits per heavy atom. The zero-order chi connectivity index (χ0) is 13.8. The Hall–Kier alpha value is -0.740. The Kier molecular flexibility index (Phi) is 10.9. The first-order valence-corrected chi connectivity index (χ1v) is 7.35. The molecule has 0 aliphatic carbocycles. The summed E-state index contributed by atoms with van der Waals surface area (Å²) in [6, 6.07) is 0. The average molecular weight is 249 g/mol. The summed E-state index contributed by atoms with van der Waals surface area (Å²) < 4.78 is 0. The van der Waals surface area contributed by atoms with E-state index in [9.17, 15) is 0 Å². The van der Waals surface area contributed by atoms with E-state index in [2.05, 4.69) is 51.0 Å². The van der Waals surface area contributed by atoms with Gasteiger partial charge in [0.05, 0.1) is 6.54 Å². The topological polar surface area (TPSA) is 3.24 Å². The van der Waals surface area contributed by atoms with Gasteiger partial charge in [0.1, 0.15) is 0 Å². The Balaban J connectivity index is 3.83. The van der Waals surface area contributed by atoms with E-state index < -0.39 is 0 Å². The summed E-state index contributed by atoms with van der Waals surface area (Å²) in [5.41, 5.74) is 0. The Morgan fingerprint density at radius 1 is 1.06 bits per heavy atom. The molecule has 0 saturated heterocycles. The number of hydrogen-bond acceptors (Lipinski definition) is 1. The summed E-state index contributed by atoms with van der Waals surface area (Å²) in [7, 11) is 0. The lowest BCUT2D eigenvalue weighted by molar-refractivity contribution is 0.325. The van der Waals surface area contributed by atoms with Crippen LogP contribution in [0.15, 0.2) is 12.7 Å². The van der Waals surface area contributed by atoms with Crippen LogP contribution in [-0.2, 0) is 0 Å². The van der Waals surface area contributed by atoms with E-state index in [1.807, 2.05) is 6.08 Å². The molecule has 0 radical (unpaired) electrons. The predicted molar refractivity (Wildman–Crippen MR) is 82.6 cm³/mol. The van der Waals surface area contributed by atoms with E-state index in [0.29, 0.717) is 5.92 Å². The molecule has 0 N–H and O–H groups in total. The second-order valence-corrected chi connectivity index (χ2v) is 5.86. The summed E-state index contributed by atoms with van der Waals surface area (Å²) in [6.45, 7) is 15.8. The first-order chi connectivity index (χ1) is 8.56. The minimum absolute atomic E-state index is 0.677. The first kappa shape index (κ1) is 17.3. The molecule has 18 heavy (non-hydrogen) atoms. The fourth-order valence-corrected chi connectivity index (χ4v) is 1.75. The van der Waals surface area contributed by atoms with Gasteiger partial charge in [0.2, 0.25) is 0 Å². The number of unbranched alkanes of at least 4 members (excludes halogenated alkanes) is 1. The number of hydrogen-bond donors (Lipinski definition) is 0. The molecule has 1 nitrogen and oxygen atoms in total. The van der Waals surface area contributed by atoms with Gasteiger partial charge >= 0.3 is 0 Å². The van der Waals surface area contributed by atoms with Crippen LogP contribution < -0.4 is 0 Å². The molecular weight excluding hydrogens is 218 g/mol. The molecule has 104 valence electrons. The van der Waals surface area contributed by atoms with Gasteiger partial charge in [-0.1, -0.05) is 52.5 Å². The maximum absolute atomic E-state index is 3.82. The quantitative estimate of drug-likeness (QED) is 0.333. The normalized spacial score (nSPS) is 10.8. The van der Waals surface area contributed by atoms with Crippen molar-refractivity contribution in [1.82, 2.24) is 4.90 Å². The molecule has 0 aromatic rings. The maximum Gasteiger partial charge on any atom is 0.0604 e.